The first-order chi connectivity index (χ1) is 5.97. The molecule has 0 aliphatic carbocycles. The van der Waals surface area contributed by atoms with Crippen molar-refractivity contribution in [2.75, 3.05) is 7.05 Å². The number of rotatable bonds is 6. The average Bonchev–Trinajstić information content (AvgIpc) is 2.13. The van der Waals surface area contributed by atoms with Crippen LogP contribution in [-0.4, -0.2) is 20.7 Å². The van der Waals surface area contributed by atoms with E-state index in [1.807, 2.05) is 6.92 Å². The summed E-state index contributed by atoms with van der Waals surface area (Å²) >= 11 is 0. The van der Waals surface area contributed by atoms with Crippen LogP contribution in [0.15, 0.2) is 0 Å². The number of hydrogen-bond donors (Lipinski definition) is 1. The van der Waals surface area contributed by atoms with E-state index in [-0.39, 0.29) is 5.25 Å². The molecule has 2 unspecified atom stereocenters. The quantitative estimate of drug-likeness (QED) is 0.721. The highest BCUT2D eigenvalue weighted by Crippen LogP contribution is 2.17. The van der Waals surface area contributed by atoms with Gasteiger partial charge in [-0.2, -0.15) is 0 Å². The zero-order valence-electron chi connectivity index (χ0n) is 9.00. The van der Waals surface area contributed by atoms with Gasteiger partial charge in [0.05, 0.1) is 5.25 Å². The fourth-order valence-electron chi connectivity index (χ4n) is 1.29. The maximum absolute atomic E-state index is 11.5. The fraction of sp³-hybridized carbons (Fsp3) is 1.00. The summed E-state index contributed by atoms with van der Waals surface area (Å²) in [5.74, 6) is 0.480. The van der Waals surface area contributed by atoms with Gasteiger partial charge in [-0.25, -0.2) is 13.1 Å². The Kier molecular flexibility index (Phi) is 5.56. The minimum absolute atomic E-state index is 0.229. The molecular formula is C9H21NO2S. The van der Waals surface area contributed by atoms with Crippen molar-refractivity contribution in [2.24, 2.45) is 5.92 Å². The SMILES string of the molecule is CCC(C)CC(CC)S(=O)(=O)NC. The molecule has 0 amide bonds. The van der Waals surface area contributed by atoms with Gasteiger partial charge in [-0.1, -0.05) is 27.2 Å². The highest BCUT2D eigenvalue weighted by molar-refractivity contribution is 7.90. The third kappa shape index (κ3) is 4.09. The first-order valence-corrected chi connectivity index (χ1v) is 6.44. The molecule has 0 aliphatic heterocycles. The Morgan fingerprint density at radius 3 is 2.08 bits per heavy atom. The van der Waals surface area contributed by atoms with E-state index in [1.54, 1.807) is 0 Å². The Balaban J connectivity index is 4.35. The minimum atomic E-state index is -3.07. The molecule has 0 aromatic carbocycles. The lowest BCUT2D eigenvalue weighted by atomic mass is 10.0. The Bertz CT molecular complexity index is 224. The second kappa shape index (κ2) is 5.60. The van der Waals surface area contributed by atoms with Crippen LogP contribution in [-0.2, 0) is 10.0 Å². The normalized spacial score (nSPS) is 16.9. The van der Waals surface area contributed by atoms with Gasteiger partial charge in [-0.05, 0) is 25.8 Å². The molecule has 1 N–H and O–H groups in total. The number of nitrogens with one attached hydrogen (secondary N) is 1. The van der Waals surface area contributed by atoms with Crippen LogP contribution in [0.25, 0.3) is 0 Å². The Morgan fingerprint density at radius 2 is 1.77 bits per heavy atom. The van der Waals surface area contributed by atoms with Crippen LogP contribution in [0.1, 0.15) is 40.0 Å². The Labute approximate surface area is 82.0 Å². The van der Waals surface area contributed by atoms with Gasteiger partial charge in [0.15, 0.2) is 0 Å². The van der Waals surface area contributed by atoms with Crippen molar-refractivity contribution >= 4 is 10.0 Å². The van der Waals surface area contributed by atoms with Crippen LogP contribution in [0.5, 0.6) is 0 Å². The largest absolute Gasteiger partial charge is 0.218 e. The van der Waals surface area contributed by atoms with E-state index in [0.29, 0.717) is 12.3 Å². The number of hydrogen-bond acceptors (Lipinski definition) is 2. The first-order valence-electron chi connectivity index (χ1n) is 4.90. The fourth-order valence-corrected chi connectivity index (χ4v) is 2.65. The van der Waals surface area contributed by atoms with Crippen molar-refractivity contribution in [1.82, 2.24) is 4.72 Å². The topological polar surface area (TPSA) is 46.2 Å². The molecule has 0 saturated heterocycles. The lowest BCUT2D eigenvalue weighted by molar-refractivity contribution is 0.475. The van der Waals surface area contributed by atoms with Crippen LogP contribution in [0.3, 0.4) is 0 Å². The monoisotopic (exact) mass is 207 g/mol. The predicted molar refractivity (Wildman–Crippen MR) is 56.1 cm³/mol. The van der Waals surface area contributed by atoms with E-state index in [2.05, 4.69) is 18.6 Å². The van der Waals surface area contributed by atoms with Crippen molar-refractivity contribution in [3.8, 4) is 0 Å². The summed E-state index contributed by atoms with van der Waals surface area (Å²) in [6.45, 7) is 6.10. The van der Waals surface area contributed by atoms with Crippen molar-refractivity contribution in [2.45, 2.75) is 45.3 Å². The minimum Gasteiger partial charge on any atom is -0.218 e. The molecule has 0 radical (unpaired) electrons. The molecule has 80 valence electrons. The van der Waals surface area contributed by atoms with Gasteiger partial charge in [-0.15, -0.1) is 0 Å². The molecule has 0 spiro atoms. The van der Waals surface area contributed by atoms with Gasteiger partial charge in [0.2, 0.25) is 10.0 Å². The van der Waals surface area contributed by atoms with Crippen LogP contribution in [0.2, 0.25) is 0 Å². The summed E-state index contributed by atoms with van der Waals surface area (Å²) in [6.07, 6.45) is 2.49. The molecule has 0 fully saturated rings. The third-order valence-corrected chi connectivity index (χ3v) is 4.51. The van der Waals surface area contributed by atoms with E-state index >= 15 is 0 Å². The average molecular weight is 207 g/mol. The molecule has 0 rings (SSSR count). The van der Waals surface area contributed by atoms with Crippen molar-refractivity contribution < 1.29 is 8.42 Å². The summed E-state index contributed by atoms with van der Waals surface area (Å²) in [5.41, 5.74) is 0. The lowest BCUT2D eigenvalue weighted by Gasteiger charge is -2.18. The van der Waals surface area contributed by atoms with E-state index in [4.69, 9.17) is 0 Å². The summed E-state index contributed by atoms with van der Waals surface area (Å²) < 4.78 is 25.3. The molecule has 2 atom stereocenters. The Hall–Kier alpha value is -0.0900. The van der Waals surface area contributed by atoms with Crippen LogP contribution < -0.4 is 4.72 Å². The molecule has 0 aromatic rings. The summed E-state index contributed by atoms with van der Waals surface area (Å²) in [6, 6.07) is 0. The zero-order valence-corrected chi connectivity index (χ0v) is 9.82. The van der Waals surface area contributed by atoms with Gasteiger partial charge >= 0.3 is 0 Å². The van der Waals surface area contributed by atoms with Gasteiger partial charge < -0.3 is 0 Å². The van der Waals surface area contributed by atoms with Gasteiger partial charge in [0.1, 0.15) is 0 Å². The lowest BCUT2D eigenvalue weighted by Crippen LogP contribution is -2.32. The van der Waals surface area contributed by atoms with E-state index < -0.39 is 10.0 Å². The standard InChI is InChI=1S/C9H21NO2S/c1-5-8(3)7-9(6-2)13(11,12)10-4/h8-10H,5-7H2,1-4H3. The van der Waals surface area contributed by atoms with Crippen molar-refractivity contribution in [3.05, 3.63) is 0 Å². The molecule has 0 aliphatic rings. The third-order valence-electron chi connectivity index (χ3n) is 2.54. The van der Waals surface area contributed by atoms with E-state index in [1.165, 1.54) is 7.05 Å². The summed E-state index contributed by atoms with van der Waals surface area (Å²) in [5, 5.41) is -0.229. The smallest absolute Gasteiger partial charge is 0.214 e. The molecule has 0 aromatic heterocycles. The second-order valence-corrected chi connectivity index (χ2v) is 5.69. The predicted octanol–water partition coefficient (Wildman–Crippen LogP) is 1.75. The van der Waals surface area contributed by atoms with Crippen LogP contribution in [0.4, 0.5) is 0 Å². The molecule has 3 nitrogen and oxygen atoms in total. The molecule has 0 saturated carbocycles. The highest BCUT2D eigenvalue weighted by atomic mass is 32.2. The summed E-state index contributed by atoms with van der Waals surface area (Å²) in [4.78, 5) is 0. The summed E-state index contributed by atoms with van der Waals surface area (Å²) in [7, 11) is -1.58. The molecular weight excluding hydrogens is 186 g/mol. The van der Waals surface area contributed by atoms with Crippen molar-refractivity contribution in [1.29, 1.82) is 0 Å². The molecule has 0 heterocycles. The first kappa shape index (κ1) is 12.9. The van der Waals surface area contributed by atoms with Crippen molar-refractivity contribution in [3.63, 3.8) is 0 Å². The van der Waals surface area contributed by atoms with E-state index in [0.717, 1.165) is 12.8 Å². The maximum Gasteiger partial charge on any atom is 0.214 e. The second-order valence-electron chi connectivity index (χ2n) is 3.53. The maximum atomic E-state index is 11.5. The highest BCUT2D eigenvalue weighted by Gasteiger charge is 2.23. The van der Waals surface area contributed by atoms with E-state index in [9.17, 15) is 8.42 Å². The number of sulfonamides is 1. The molecule has 0 bridgehead atoms. The van der Waals surface area contributed by atoms with Gasteiger partial charge in [-0.3, -0.25) is 0 Å². The van der Waals surface area contributed by atoms with Crippen LogP contribution >= 0.6 is 0 Å². The molecule has 13 heavy (non-hydrogen) atoms. The van der Waals surface area contributed by atoms with Gasteiger partial charge in [0, 0.05) is 0 Å². The zero-order chi connectivity index (χ0) is 10.5. The molecule has 4 heteroatoms. The van der Waals surface area contributed by atoms with Gasteiger partial charge in [0.25, 0.3) is 0 Å². The van der Waals surface area contributed by atoms with Crippen LogP contribution in [0, 0.1) is 5.92 Å². The Morgan fingerprint density at radius 1 is 1.23 bits per heavy atom.